The lowest BCUT2D eigenvalue weighted by Gasteiger charge is -2.19. The van der Waals surface area contributed by atoms with Gasteiger partial charge in [0.15, 0.2) is 14.3 Å². The van der Waals surface area contributed by atoms with Crippen LogP contribution in [0.3, 0.4) is 0 Å². The largest absolute Gasteiger partial charge is 0.262 e. The third-order valence-electron chi connectivity index (χ3n) is 4.19. The average molecular weight is 406 g/mol. The Balaban J connectivity index is 2.18. The van der Waals surface area contributed by atoms with E-state index in [4.69, 9.17) is 36.7 Å². The molecule has 0 N–H and O–H groups in total. The third-order valence-corrected chi connectivity index (χ3v) is 5.29. The summed E-state index contributed by atoms with van der Waals surface area (Å²) >= 11 is 17.5. The van der Waals surface area contributed by atoms with E-state index in [0.717, 1.165) is 17.1 Å². The number of nitrogens with zero attached hydrogens (tertiary/aromatic N) is 3. The Kier molecular flexibility index (Phi) is 4.94. The van der Waals surface area contributed by atoms with E-state index in [9.17, 15) is 0 Å². The Morgan fingerprint density at radius 3 is 0.815 bits per heavy atom. The first-order valence-corrected chi connectivity index (χ1v) is 9.58. The Hall–Kier alpha value is -2.67. The van der Waals surface area contributed by atoms with E-state index in [0.29, 0.717) is 14.3 Å². The van der Waals surface area contributed by atoms with Gasteiger partial charge in [0, 0.05) is 0 Å². The van der Waals surface area contributed by atoms with Crippen molar-refractivity contribution >= 4 is 36.7 Å². The molecule has 3 nitrogen and oxygen atoms in total. The van der Waals surface area contributed by atoms with Crippen LogP contribution in [0.2, 0.25) is 0 Å². The molecule has 0 saturated carbocycles. The number of hydrogen-bond donors (Lipinski definition) is 0. The van der Waals surface area contributed by atoms with Crippen molar-refractivity contribution in [2.24, 2.45) is 0 Å². The molecule has 4 aromatic rings. The lowest BCUT2D eigenvalue weighted by molar-refractivity contribution is 0.728. The second-order valence-corrected chi connectivity index (χ2v) is 6.96. The maximum absolute atomic E-state index is 5.82. The maximum Gasteiger partial charge on any atom is 0.193 e. The molecule has 0 spiro atoms. The van der Waals surface area contributed by atoms with Gasteiger partial charge in [-0.3, -0.25) is 13.7 Å². The van der Waals surface area contributed by atoms with Gasteiger partial charge in [0.2, 0.25) is 0 Å². The van der Waals surface area contributed by atoms with Gasteiger partial charge < -0.3 is 0 Å². The molecule has 1 aromatic heterocycles. The minimum absolute atomic E-state index is 0.537. The minimum atomic E-state index is 0.537. The third kappa shape index (κ3) is 3.23. The molecule has 6 heteroatoms. The molecule has 0 unspecified atom stereocenters. The monoisotopic (exact) mass is 405 g/mol. The minimum Gasteiger partial charge on any atom is -0.262 e. The van der Waals surface area contributed by atoms with Crippen molar-refractivity contribution in [1.29, 1.82) is 0 Å². The van der Waals surface area contributed by atoms with Crippen LogP contribution in [-0.4, -0.2) is 13.7 Å². The normalized spacial score (nSPS) is 10.7. The van der Waals surface area contributed by atoms with Crippen molar-refractivity contribution in [1.82, 2.24) is 13.7 Å². The molecular weight excluding hydrogens is 390 g/mol. The van der Waals surface area contributed by atoms with Crippen LogP contribution in [0.15, 0.2) is 91.0 Å². The Labute approximate surface area is 172 Å². The van der Waals surface area contributed by atoms with Crippen LogP contribution in [0.4, 0.5) is 0 Å². The van der Waals surface area contributed by atoms with Gasteiger partial charge >= 0.3 is 0 Å². The molecule has 0 fully saturated rings. The zero-order chi connectivity index (χ0) is 18.8. The van der Waals surface area contributed by atoms with Crippen LogP contribution in [0, 0.1) is 14.3 Å². The Bertz CT molecular complexity index is 1060. The SMILES string of the molecule is S=c1n(-c2ccccc2)c(=S)n(-c2ccccc2)c(=S)n1-c1ccccc1. The molecule has 0 atom stereocenters. The van der Waals surface area contributed by atoms with E-state index >= 15 is 0 Å². The van der Waals surface area contributed by atoms with E-state index in [1.54, 1.807) is 0 Å². The summed E-state index contributed by atoms with van der Waals surface area (Å²) in [6.45, 7) is 0. The topological polar surface area (TPSA) is 14.8 Å². The summed E-state index contributed by atoms with van der Waals surface area (Å²) in [6.07, 6.45) is 0. The fourth-order valence-corrected chi connectivity index (χ4v) is 4.26. The van der Waals surface area contributed by atoms with Crippen LogP contribution in [-0.2, 0) is 0 Å². The van der Waals surface area contributed by atoms with E-state index in [2.05, 4.69) is 0 Å². The molecule has 0 aliphatic carbocycles. The zero-order valence-electron chi connectivity index (χ0n) is 14.2. The summed E-state index contributed by atoms with van der Waals surface area (Å²) in [7, 11) is 0. The van der Waals surface area contributed by atoms with Crippen molar-refractivity contribution in [3.05, 3.63) is 105 Å². The zero-order valence-corrected chi connectivity index (χ0v) is 16.7. The highest BCUT2D eigenvalue weighted by Crippen LogP contribution is 2.19. The van der Waals surface area contributed by atoms with Crippen molar-refractivity contribution in [2.75, 3.05) is 0 Å². The van der Waals surface area contributed by atoms with Crippen LogP contribution in [0.25, 0.3) is 17.1 Å². The van der Waals surface area contributed by atoms with E-state index < -0.39 is 0 Å². The van der Waals surface area contributed by atoms with E-state index in [1.807, 2.05) is 105 Å². The fourth-order valence-electron chi connectivity index (χ4n) is 2.94. The van der Waals surface area contributed by atoms with Crippen LogP contribution >= 0.6 is 36.7 Å². The van der Waals surface area contributed by atoms with Gasteiger partial charge in [-0.1, -0.05) is 54.6 Å². The fraction of sp³-hybridized carbons (Fsp3) is 0. The summed E-state index contributed by atoms with van der Waals surface area (Å²) in [5.74, 6) is 0. The molecule has 0 aliphatic heterocycles. The summed E-state index contributed by atoms with van der Waals surface area (Å²) in [4.78, 5) is 0. The first kappa shape index (κ1) is 17.7. The highest BCUT2D eigenvalue weighted by Gasteiger charge is 2.12. The predicted octanol–water partition coefficient (Wildman–Crippen LogP) is 6.25. The number of para-hydroxylation sites is 3. The van der Waals surface area contributed by atoms with E-state index in [1.165, 1.54) is 0 Å². The van der Waals surface area contributed by atoms with Crippen LogP contribution in [0.5, 0.6) is 0 Å². The standard InChI is InChI=1S/C21H15N3S3/c25-19-22(16-10-4-1-5-11-16)20(26)24(18-14-8-3-9-15-18)21(27)23(19)17-12-6-2-7-13-17/h1-15H. The van der Waals surface area contributed by atoms with Gasteiger partial charge in [-0.25, -0.2) is 0 Å². The number of aromatic nitrogens is 3. The summed E-state index contributed by atoms with van der Waals surface area (Å²) in [6, 6.07) is 29.6. The van der Waals surface area contributed by atoms with Crippen LogP contribution < -0.4 is 0 Å². The predicted molar refractivity (Wildman–Crippen MR) is 117 cm³/mol. The van der Waals surface area contributed by atoms with Gasteiger partial charge in [0.1, 0.15) is 0 Å². The van der Waals surface area contributed by atoms with Gasteiger partial charge in [-0.15, -0.1) is 0 Å². The highest BCUT2D eigenvalue weighted by atomic mass is 32.1. The summed E-state index contributed by atoms with van der Waals surface area (Å²) in [5, 5.41) is 0. The Morgan fingerprint density at radius 1 is 0.370 bits per heavy atom. The molecule has 0 saturated heterocycles. The van der Waals surface area contributed by atoms with Gasteiger partial charge in [-0.2, -0.15) is 0 Å². The Morgan fingerprint density at radius 2 is 0.593 bits per heavy atom. The molecule has 132 valence electrons. The van der Waals surface area contributed by atoms with E-state index in [-0.39, 0.29) is 0 Å². The van der Waals surface area contributed by atoms with Gasteiger partial charge in [0.25, 0.3) is 0 Å². The average Bonchev–Trinajstić information content (AvgIpc) is 2.70. The van der Waals surface area contributed by atoms with Crippen molar-refractivity contribution in [3.63, 3.8) is 0 Å². The number of rotatable bonds is 3. The summed E-state index contributed by atoms with van der Waals surface area (Å²) < 4.78 is 7.24. The molecule has 0 bridgehead atoms. The molecule has 27 heavy (non-hydrogen) atoms. The second kappa shape index (κ2) is 7.52. The van der Waals surface area contributed by atoms with Gasteiger partial charge in [0.05, 0.1) is 17.1 Å². The molecule has 1 heterocycles. The quantitative estimate of drug-likeness (QED) is 0.375. The molecule has 4 rings (SSSR count). The summed E-state index contributed by atoms with van der Waals surface area (Å²) in [5.41, 5.74) is 2.70. The molecule has 3 aromatic carbocycles. The van der Waals surface area contributed by atoms with Crippen molar-refractivity contribution in [3.8, 4) is 17.1 Å². The second-order valence-electron chi connectivity index (χ2n) is 5.86. The molecule has 0 amide bonds. The first-order valence-electron chi connectivity index (χ1n) is 8.36. The van der Waals surface area contributed by atoms with Crippen molar-refractivity contribution in [2.45, 2.75) is 0 Å². The first-order chi connectivity index (χ1) is 13.2. The smallest absolute Gasteiger partial charge is 0.193 e. The van der Waals surface area contributed by atoms with Crippen LogP contribution in [0.1, 0.15) is 0 Å². The number of hydrogen-bond acceptors (Lipinski definition) is 3. The molecule has 0 aliphatic rings. The molecule has 0 radical (unpaired) electrons. The number of benzene rings is 3. The lowest BCUT2D eigenvalue weighted by atomic mass is 10.3. The van der Waals surface area contributed by atoms with Gasteiger partial charge in [-0.05, 0) is 73.1 Å². The highest BCUT2D eigenvalue weighted by molar-refractivity contribution is 7.72. The lowest BCUT2D eigenvalue weighted by Crippen LogP contribution is -2.17. The van der Waals surface area contributed by atoms with Crippen molar-refractivity contribution < 1.29 is 0 Å². The molecular formula is C21H15N3S3. The maximum atomic E-state index is 5.82.